The van der Waals surface area contributed by atoms with E-state index < -0.39 is 23.9 Å². The highest BCUT2D eigenvalue weighted by Gasteiger charge is 2.37. The number of rotatable bonds is 4. The van der Waals surface area contributed by atoms with E-state index in [9.17, 15) is 19.2 Å². The molecule has 0 saturated carbocycles. The number of carboxylic acids is 1. The molecular weight excluding hydrogens is 280 g/mol. The first-order valence-electron chi connectivity index (χ1n) is 6.53. The predicted octanol–water partition coefficient (Wildman–Crippen LogP) is -1.60. The number of hydrogen-bond acceptors (Lipinski definition) is 4. The summed E-state index contributed by atoms with van der Waals surface area (Å²) in [5, 5.41) is 11.5. The number of nitrogens with zero attached hydrogens (tertiary/aromatic N) is 3. The Morgan fingerprint density at radius 2 is 2.00 bits per heavy atom. The van der Waals surface area contributed by atoms with E-state index in [2.05, 4.69) is 5.32 Å². The Hall–Kier alpha value is -2.32. The number of likely N-dealkylation sites (N-methyl/N-ethyl adjacent to an activating group) is 2. The lowest BCUT2D eigenvalue weighted by Gasteiger charge is -2.36. The molecule has 1 atom stereocenters. The highest BCUT2D eigenvalue weighted by Crippen LogP contribution is 2.09. The molecule has 2 N–H and O–H groups in total. The lowest BCUT2D eigenvalue weighted by atomic mass is 10.2. The number of hydrogen-bond donors (Lipinski definition) is 2. The number of amides is 4. The van der Waals surface area contributed by atoms with Gasteiger partial charge in [0, 0.05) is 27.2 Å². The van der Waals surface area contributed by atoms with Crippen LogP contribution in [-0.4, -0.2) is 89.9 Å². The maximum Gasteiger partial charge on any atom is 0.328 e. The van der Waals surface area contributed by atoms with E-state index in [0.717, 1.165) is 4.90 Å². The quantitative estimate of drug-likeness (QED) is 0.650. The zero-order valence-electron chi connectivity index (χ0n) is 12.3. The van der Waals surface area contributed by atoms with Gasteiger partial charge in [-0.15, -0.1) is 0 Å². The Balaban J connectivity index is 2.87. The molecule has 0 aromatic heterocycles. The van der Waals surface area contributed by atoms with Gasteiger partial charge in [0.2, 0.25) is 11.8 Å². The van der Waals surface area contributed by atoms with Crippen molar-refractivity contribution in [1.29, 1.82) is 0 Å². The fraction of sp³-hybridized carbons (Fsp3) is 0.667. The van der Waals surface area contributed by atoms with Crippen molar-refractivity contribution in [2.24, 2.45) is 0 Å². The van der Waals surface area contributed by atoms with Crippen molar-refractivity contribution in [3.8, 4) is 0 Å². The molecule has 21 heavy (non-hydrogen) atoms. The lowest BCUT2D eigenvalue weighted by Crippen LogP contribution is -2.62. The van der Waals surface area contributed by atoms with E-state index in [1.807, 2.05) is 0 Å². The fourth-order valence-corrected chi connectivity index (χ4v) is 1.86. The zero-order valence-corrected chi connectivity index (χ0v) is 12.3. The summed E-state index contributed by atoms with van der Waals surface area (Å²) < 4.78 is 0. The van der Waals surface area contributed by atoms with Gasteiger partial charge in [0.05, 0.1) is 0 Å². The zero-order chi connectivity index (χ0) is 16.2. The minimum atomic E-state index is -1.20. The monoisotopic (exact) mass is 300 g/mol. The minimum absolute atomic E-state index is 0.140. The van der Waals surface area contributed by atoms with E-state index in [-0.39, 0.29) is 32.1 Å². The largest absolute Gasteiger partial charge is 0.480 e. The van der Waals surface area contributed by atoms with Crippen LogP contribution in [0.25, 0.3) is 0 Å². The third kappa shape index (κ3) is 4.07. The molecule has 9 nitrogen and oxygen atoms in total. The van der Waals surface area contributed by atoms with Crippen LogP contribution in [0.4, 0.5) is 4.79 Å². The number of urea groups is 1. The highest BCUT2D eigenvalue weighted by atomic mass is 16.4. The van der Waals surface area contributed by atoms with E-state index in [1.165, 1.54) is 9.80 Å². The van der Waals surface area contributed by atoms with Gasteiger partial charge in [0.25, 0.3) is 0 Å². The normalized spacial score (nSPS) is 18.0. The summed E-state index contributed by atoms with van der Waals surface area (Å²) in [6.45, 7) is 1.29. The number of aliphatic carboxylic acids is 1. The van der Waals surface area contributed by atoms with Gasteiger partial charge in [-0.25, -0.2) is 9.59 Å². The van der Waals surface area contributed by atoms with Crippen LogP contribution in [0.5, 0.6) is 0 Å². The van der Waals surface area contributed by atoms with Gasteiger partial charge in [-0.05, 0) is 6.92 Å². The molecule has 1 aliphatic heterocycles. The molecular formula is C12H20N4O5. The van der Waals surface area contributed by atoms with Gasteiger partial charge in [-0.1, -0.05) is 0 Å². The van der Waals surface area contributed by atoms with E-state index in [1.54, 1.807) is 21.0 Å². The average molecular weight is 300 g/mol. The summed E-state index contributed by atoms with van der Waals surface area (Å²) in [5.41, 5.74) is 0. The van der Waals surface area contributed by atoms with Gasteiger partial charge in [0.1, 0.15) is 19.1 Å². The average Bonchev–Trinajstić information content (AvgIpc) is 2.43. The van der Waals surface area contributed by atoms with Crippen molar-refractivity contribution in [2.75, 3.05) is 40.3 Å². The van der Waals surface area contributed by atoms with E-state index in [4.69, 9.17) is 5.11 Å². The summed E-state index contributed by atoms with van der Waals surface area (Å²) in [5.74, 6) is -1.90. The van der Waals surface area contributed by atoms with Gasteiger partial charge in [-0.2, -0.15) is 0 Å². The second-order valence-electron chi connectivity index (χ2n) is 4.87. The van der Waals surface area contributed by atoms with Gasteiger partial charge in [0.15, 0.2) is 0 Å². The van der Waals surface area contributed by atoms with Crippen LogP contribution in [0.15, 0.2) is 0 Å². The summed E-state index contributed by atoms with van der Waals surface area (Å²) in [7, 11) is 3.13. The number of carboxylic acid groups (broad SMARTS) is 1. The first-order chi connectivity index (χ1) is 9.77. The Labute approximate surface area is 122 Å². The molecule has 1 unspecified atom stereocenters. The molecule has 0 aliphatic carbocycles. The second kappa shape index (κ2) is 6.91. The van der Waals surface area contributed by atoms with Crippen LogP contribution in [0.2, 0.25) is 0 Å². The number of nitrogens with one attached hydrogen (secondary N) is 1. The van der Waals surface area contributed by atoms with Crippen LogP contribution in [0.1, 0.15) is 6.92 Å². The summed E-state index contributed by atoms with van der Waals surface area (Å²) in [6.07, 6.45) is 0. The number of piperazine rings is 1. The maximum atomic E-state index is 12.4. The standard InChI is InChI=1S/C12H20N4O5/c1-4-15(7-10(18)14(2)3)12(21)16-6-9(17)13-5-8(16)11(19)20/h8H,4-7H2,1-3H3,(H,13,17)(H,19,20). The predicted molar refractivity (Wildman–Crippen MR) is 72.5 cm³/mol. The van der Waals surface area contributed by atoms with Crippen LogP contribution in [0.3, 0.4) is 0 Å². The molecule has 0 spiro atoms. The van der Waals surface area contributed by atoms with Crippen molar-refractivity contribution in [3.63, 3.8) is 0 Å². The second-order valence-corrected chi connectivity index (χ2v) is 4.87. The summed E-state index contributed by atoms with van der Waals surface area (Å²) in [6, 6.07) is -1.76. The minimum Gasteiger partial charge on any atom is -0.480 e. The van der Waals surface area contributed by atoms with E-state index in [0.29, 0.717) is 0 Å². The third-order valence-corrected chi connectivity index (χ3v) is 3.19. The van der Waals surface area contributed by atoms with Crippen molar-refractivity contribution in [2.45, 2.75) is 13.0 Å². The molecule has 0 radical (unpaired) electrons. The number of carbonyl (C=O) groups is 4. The first-order valence-corrected chi connectivity index (χ1v) is 6.53. The molecule has 1 saturated heterocycles. The van der Waals surface area contributed by atoms with Crippen molar-refractivity contribution in [1.82, 2.24) is 20.0 Å². The van der Waals surface area contributed by atoms with Crippen molar-refractivity contribution >= 4 is 23.8 Å². The molecule has 1 rings (SSSR count). The summed E-state index contributed by atoms with van der Waals surface area (Å²) in [4.78, 5) is 50.2. The molecule has 0 aromatic carbocycles. The number of carbonyl (C=O) groups excluding carboxylic acids is 3. The Bertz CT molecular complexity index is 451. The Morgan fingerprint density at radius 3 is 2.48 bits per heavy atom. The molecule has 9 heteroatoms. The molecule has 1 heterocycles. The van der Waals surface area contributed by atoms with Crippen LogP contribution in [0, 0.1) is 0 Å². The van der Waals surface area contributed by atoms with Gasteiger partial charge in [-0.3, -0.25) is 14.5 Å². The molecule has 0 bridgehead atoms. The lowest BCUT2D eigenvalue weighted by molar-refractivity contribution is -0.144. The first kappa shape index (κ1) is 16.7. The van der Waals surface area contributed by atoms with Gasteiger partial charge < -0.3 is 20.2 Å². The van der Waals surface area contributed by atoms with E-state index >= 15 is 0 Å². The molecule has 118 valence electrons. The van der Waals surface area contributed by atoms with Crippen LogP contribution >= 0.6 is 0 Å². The Kier molecular flexibility index (Phi) is 5.51. The molecule has 4 amide bonds. The third-order valence-electron chi connectivity index (χ3n) is 3.19. The maximum absolute atomic E-state index is 12.4. The van der Waals surface area contributed by atoms with Gasteiger partial charge >= 0.3 is 12.0 Å². The molecule has 1 aliphatic rings. The topological polar surface area (TPSA) is 110 Å². The fourth-order valence-electron chi connectivity index (χ4n) is 1.86. The summed E-state index contributed by atoms with van der Waals surface area (Å²) >= 11 is 0. The molecule has 1 fully saturated rings. The molecule has 0 aromatic rings. The highest BCUT2D eigenvalue weighted by molar-refractivity contribution is 5.92. The smallest absolute Gasteiger partial charge is 0.328 e. The SMILES string of the molecule is CCN(CC(=O)N(C)C)C(=O)N1CC(=O)NCC1C(=O)O. The van der Waals surface area contributed by atoms with Crippen LogP contribution < -0.4 is 5.32 Å². The van der Waals surface area contributed by atoms with Crippen molar-refractivity contribution < 1.29 is 24.3 Å². The van der Waals surface area contributed by atoms with Crippen LogP contribution in [-0.2, 0) is 14.4 Å². The Morgan fingerprint density at radius 1 is 1.38 bits per heavy atom. The van der Waals surface area contributed by atoms with Crippen molar-refractivity contribution in [3.05, 3.63) is 0 Å².